The Hall–Kier alpha value is -3.00. The standard InChI is InChI=1S/C21H16BrN3O4S2/c1-10-14(9-23)19(31-17(10)20(27)29-3)25-21(30)24-18(26)13-8-11-6-4-5-7-12(11)15(22)16(13)28-2/h4-8H,1-3H3,(H2,24,25,26,30). The Bertz CT molecular complexity index is 1260. The van der Waals surface area contributed by atoms with Crippen molar-refractivity contribution in [3.05, 3.63) is 56.4 Å². The monoisotopic (exact) mass is 517 g/mol. The topological polar surface area (TPSA) is 100 Å². The third-order valence-electron chi connectivity index (χ3n) is 4.47. The fourth-order valence-electron chi connectivity index (χ4n) is 2.98. The molecule has 7 nitrogen and oxygen atoms in total. The molecule has 0 saturated heterocycles. The summed E-state index contributed by atoms with van der Waals surface area (Å²) in [5.41, 5.74) is 1.03. The van der Waals surface area contributed by atoms with Crippen LogP contribution in [-0.4, -0.2) is 31.2 Å². The van der Waals surface area contributed by atoms with Gasteiger partial charge in [0.25, 0.3) is 5.91 Å². The first-order valence-electron chi connectivity index (χ1n) is 8.81. The van der Waals surface area contributed by atoms with Crippen LogP contribution in [0.5, 0.6) is 5.75 Å². The average molecular weight is 518 g/mol. The minimum atomic E-state index is -0.548. The maximum atomic E-state index is 12.9. The normalized spacial score (nSPS) is 10.3. The van der Waals surface area contributed by atoms with E-state index in [1.165, 1.54) is 14.2 Å². The van der Waals surface area contributed by atoms with E-state index < -0.39 is 11.9 Å². The molecule has 0 aliphatic carbocycles. The third kappa shape index (κ3) is 4.39. The summed E-state index contributed by atoms with van der Waals surface area (Å²) >= 11 is 9.79. The van der Waals surface area contributed by atoms with Gasteiger partial charge in [-0.05, 0) is 57.5 Å². The highest BCUT2D eigenvalue weighted by Gasteiger charge is 2.23. The number of halogens is 1. The maximum absolute atomic E-state index is 12.9. The smallest absolute Gasteiger partial charge is 0.348 e. The molecule has 3 aromatic rings. The number of nitrogens with zero attached hydrogens (tertiary/aromatic N) is 1. The SMILES string of the molecule is COC(=O)c1sc(NC(=S)NC(=O)c2cc3ccccc3c(Br)c2OC)c(C#N)c1C. The molecule has 2 N–H and O–H groups in total. The molecule has 0 unspecified atom stereocenters. The summed E-state index contributed by atoms with van der Waals surface area (Å²) < 4.78 is 10.8. The number of amides is 1. The van der Waals surface area contributed by atoms with Gasteiger partial charge in [-0.2, -0.15) is 5.26 Å². The zero-order chi connectivity index (χ0) is 22.7. The lowest BCUT2D eigenvalue weighted by molar-refractivity contribution is 0.0605. The Labute approximate surface area is 196 Å². The van der Waals surface area contributed by atoms with E-state index in [1.54, 1.807) is 13.0 Å². The zero-order valence-corrected chi connectivity index (χ0v) is 19.9. The molecule has 31 heavy (non-hydrogen) atoms. The highest BCUT2D eigenvalue weighted by atomic mass is 79.9. The molecule has 1 amide bonds. The summed E-state index contributed by atoms with van der Waals surface area (Å²) in [5, 5.41) is 16.9. The largest absolute Gasteiger partial charge is 0.495 e. The van der Waals surface area contributed by atoms with Crippen LogP contribution in [0.1, 0.15) is 31.2 Å². The number of methoxy groups -OCH3 is 2. The van der Waals surface area contributed by atoms with E-state index in [1.807, 2.05) is 30.3 Å². The van der Waals surface area contributed by atoms with Gasteiger partial charge in [-0.3, -0.25) is 10.1 Å². The number of thiocarbonyl (C=S) groups is 1. The Kier molecular flexibility index (Phi) is 6.90. The summed E-state index contributed by atoms with van der Waals surface area (Å²) in [5.74, 6) is -0.662. The van der Waals surface area contributed by atoms with E-state index in [4.69, 9.17) is 21.7 Å². The average Bonchev–Trinajstić information content (AvgIpc) is 3.07. The van der Waals surface area contributed by atoms with Crippen molar-refractivity contribution in [1.29, 1.82) is 5.26 Å². The van der Waals surface area contributed by atoms with Crippen molar-refractivity contribution in [1.82, 2.24) is 5.32 Å². The minimum Gasteiger partial charge on any atom is -0.495 e. The number of hydrogen-bond donors (Lipinski definition) is 2. The molecule has 1 heterocycles. The first-order valence-corrected chi connectivity index (χ1v) is 10.8. The lowest BCUT2D eigenvalue weighted by atomic mass is 10.1. The number of anilines is 1. The van der Waals surface area contributed by atoms with E-state index in [-0.39, 0.29) is 21.1 Å². The lowest BCUT2D eigenvalue weighted by Crippen LogP contribution is -2.34. The van der Waals surface area contributed by atoms with Crippen LogP contribution >= 0.6 is 39.5 Å². The van der Waals surface area contributed by atoms with Gasteiger partial charge in [-0.1, -0.05) is 24.3 Å². The molecule has 0 fully saturated rings. The Morgan fingerprint density at radius 1 is 1.26 bits per heavy atom. The van der Waals surface area contributed by atoms with E-state index in [0.29, 0.717) is 20.8 Å². The second-order valence-electron chi connectivity index (χ2n) is 6.26. The molecule has 0 bridgehead atoms. The van der Waals surface area contributed by atoms with Gasteiger partial charge in [0.15, 0.2) is 5.11 Å². The van der Waals surface area contributed by atoms with E-state index in [2.05, 4.69) is 26.6 Å². The number of nitriles is 1. The Morgan fingerprint density at radius 2 is 1.97 bits per heavy atom. The van der Waals surface area contributed by atoms with Gasteiger partial charge in [0.1, 0.15) is 21.7 Å². The van der Waals surface area contributed by atoms with Crippen LogP contribution in [0.3, 0.4) is 0 Å². The number of ether oxygens (including phenoxy) is 2. The van der Waals surface area contributed by atoms with E-state index in [9.17, 15) is 14.9 Å². The van der Waals surface area contributed by atoms with Crippen molar-refractivity contribution in [2.45, 2.75) is 6.92 Å². The van der Waals surface area contributed by atoms with Crippen LogP contribution in [0, 0.1) is 18.3 Å². The van der Waals surface area contributed by atoms with Crippen LogP contribution < -0.4 is 15.4 Å². The molecule has 0 atom stereocenters. The predicted molar refractivity (Wildman–Crippen MR) is 127 cm³/mol. The van der Waals surface area contributed by atoms with Crippen LogP contribution in [0.15, 0.2) is 34.8 Å². The molecule has 10 heteroatoms. The number of rotatable bonds is 4. The summed E-state index contributed by atoms with van der Waals surface area (Å²) in [6.07, 6.45) is 0. The number of esters is 1. The summed E-state index contributed by atoms with van der Waals surface area (Å²) in [4.78, 5) is 25.1. The third-order valence-corrected chi connectivity index (χ3v) is 6.65. The van der Waals surface area contributed by atoms with Crippen LogP contribution in [0.4, 0.5) is 5.00 Å². The van der Waals surface area contributed by atoms with Crippen molar-refractivity contribution < 1.29 is 19.1 Å². The highest BCUT2D eigenvalue weighted by molar-refractivity contribution is 9.10. The van der Waals surface area contributed by atoms with Gasteiger partial charge < -0.3 is 14.8 Å². The van der Waals surface area contributed by atoms with E-state index >= 15 is 0 Å². The molecular formula is C21H16BrN3O4S2. The van der Waals surface area contributed by atoms with Crippen molar-refractivity contribution >= 4 is 72.2 Å². The van der Waals surface area contributed by atoms with Crippen LogP contribution in [-0.2, 0) is 4.74 Å². The molecule has 0 saturated carbocycles. The van der Waals surface area contributed by atoms with Crippen molar-refractivity contribution in [3.8, 4) is 11.8 Å². The first-order chi connectivity index (χ1) is 14.8. The lowest BCUT2D eigenvalue weighted by Gasteiger charge is -2.14. The molecule has 0 aliphatic rings. The molecule has 2 aromatic carbocycles. The molecule has 0 spiro atoms. The van der Waals surface area contributed by atoms with E-state index in [0.717, 1.165) is 22.1 Å². The number of benzene rings is 2. The van der Waals surface area contributed by atoms with Gasteiger partial charge in [-0.15, -0.1) is 11.3 Å². The molecule has 1 aromatic heterocycles. The van der Waals surface area contributed by atoms with Gasteiger partial charge in [-0.25, -0.2) is 4.79 Å². The number of thiophene rings is 1. The molecule has 158 valence electrons. The number of fused-ring (bicyclic) bond motifs is 1. The van der Waals surface area contributed by atoms with Crippen LogP contribution in [0.2, 0.25) is 0 Å². The van der Waals surface area contributed by atoms with Crippen molar-refractivity contribution in [2.75, 3.05) is 19.5 Å². The number of hydrogen-bond acceptors (Lipinski definition) is 7. The summed E-state index contributed by atoms with van der Waals surface area (Å²) in [7, 11) is 2.74. The Balaban J connectivity index is 1.88. The second kappa shape index (κ2) is 9.43. The molecule has 3 rings (SSSR count). The van der Waals surface area contributed by atoms with Crippen LogP contribution in [0.25, 0.3) is 10.8 Å². The molecular weight excluding hydrogens is 502 g/mol. The van der Waals surface area contributed by atoms with Crippen molar-refractivity contribution in [2.24, 2.45) is 0 Å². The van der Waals surface area contributed by atoms with Crippen molar-refractivity contribution in [3.63, 3.8) is 0 Å². The van der Waals surface area contributed by atoms with Gasteiger partial charge in [0, 0.05) is 0 Å². The molecule has 0 radical (unpaired) electrons. The fraction of sp³-hybridized carbons (Fsp3) is 0.143. The summed E-state index contributed by atoms with van der Waals surface area (Å²) in [6.45, 7) is 1.64. The highest BCUT2D eigenvalue weighted by Crippen LogP contribution is 2.37. The maximum Gasteiger partial charge on any atom is 0.348 e. The summed E-state index contributed by atoms with van der Waals surface area (Å²) in [6, 6.07) is 11.3. The second-order valence-corrected chi connectivity index (χ2v) is 8.49. The van der Waals surface area contributed by atoms with Gasteiger partial charge in [0.2, 0.25) is 0 Å². The quantitative estimate of drug-likeness (QED) is 0.379. The molecule has 0 aliphatic heterocycles. The predicted octanol–water partition coefficient (Wildman–Crippen LogP) is 4.77. The number of carbonyl (C=O) groups is 2. The first kappa shape index (κ1) is 22.7. The number of nitrogens with one attached hydrogen (secondary N) is 2. The van der Waals surface area contributed by atoms with Gasteiger partial charge in [0.05, 0.1) is 29.8 Å². The Morgan fingerprint density at radius 3 is 2.61 bits per heavy atom. The minimum absolute atomic E-state index is 0.0227. The zero-order valence-electron chi connectivity index (χ0n) is 16.7. The number of carbonyl (C=O) groups excluding carboxylic acids is 2. The fourth-order valence-corrected chi connectivity index (χ4v) is 5.06. The van der Waals surface area contributed by atoms with Gasteiger partial charge >= 0.3 is 5.97 Å².